The molecule has 0 aliphatic heterocycles. The standard InChI is InChI=1S/C10H20F2N2O/c1-7(2)14(8(3)4)6-5-13-10(15)9(11)12/h7-9H,5-6H2,1-4H3,(H,13,15). The molecule has 0 atom stereocenters. The van der Waals surface area contributed by atoms with Gasteiger partial charge in [0.25, 0.3) is 5.91 Å². The number of amides is 1. The maximum Gasteiger partial charge on any atom is 0.315 e. The van der Waals surface area contributed by atoms with Crippen molar-refractivity contribution in [2.24, 2.45) is 0 Å². The number of nitrogens with one attached hydrogen (secondary N) is 1. The number of carbonyl (C=O) groups excluding carboxylic acids is 1. The minimum atomic E-state index is -2.92. The van der Waals surface area contributed by atoms with Gasteiger partial charge in [0.2, 0.25) is 0 Å². The van der Waals surface area contributed by atoms with Crippen LogP contribution in [0.3, 0.4) is 0 Å². The lowest BCUT2D eigenvalue weighted by atomic mass is 10.2. The second-order valence-corrected chi connectivity index (χ2v) is 4.02. The van der Waals surface area contributed by atoms with Crippen molar-refractivity contribution in [3.8, 4) is 0 Å². The first-order valence-electron chi connectivity index (χ1n) is 5.17. The number of alkyl halides is 2. The predicted molar refractivity (Wildman–Crippen MR) is 56.0 cm³/mol. The van der Waals surface area contributed by atoms with Crippen molar-refractivity contribution >= 4 is 5.91 Å². The van der Waals surface area contributed by atoms with Gasteiger partial charge in [-0.1, -0.05) is 0 Å². The third kappa shape index (κ3) is 5.67. The van der Waals surface area contributed by atoms with Gasteiger partial charge in [0.15, 0.2) is 0 Å². The van der Waals surface area contributed by atoms with E-state index in [1.165, 1.54) is 0 Å². The van der Waals surface area contributed by atoms with Gasteiger partial charge in [-0.25, -0.2) is 0 Å². The number of carbonyl (C=O) groups is 1. The summed E-state index contributed by atoms with van der Waals surface area (Å²) in [5, 5.41) is 2.19. The maximum absolute atomic E-state index is 11.8. The summed E-state index contributed by atoms with van der Waals surface area (Å²) in [4.78, 5) is 12.7. The topological polar surface area (TPSA) is 32.3 Å². The van der Waals surface area contributed by atoms with E-state index in [0.717, 1.165) is 0 Å². The van der Waals surface area contributed by atoms with Crippen molar-refractivity contribution in [1.82, 2.24) is 10.2 Å². The molecule has 0 radical (unpaired) electrons. The highest BCUT2D eigenvalue weighted by molar-refractivity contribution is 5.78. The molecular formula is C10H20F2N2O. The maximum atomic E-state index is 11.8. The van der Waals surface area contributed by atoms with Gasteiger partial charge in [0, 0.05) is 25.2 Å². The minimum Gasteiger partial charge on any atom is -0.350 e. The number of hydrogen-bond donors (Lipinski definition) is 1. The molecule has 0 aromatic rings. The third-order valence-corrected chi connectivity index (χ3v) is 2.19. The Labute approximate surface area is 89.8 Å². The summed E-state index contributed by atoms with van der Waals surface area (Å²) in [6.07, 6.45) is -2.92. The summed E-state index contributed by atoms with van der Waals surface area (Å²) in [6.45, 7) is 9.00. The molecule has 3 nitrogen and oxygen atoms in total. The molecule has 0 rings (SSSR count). The average Bonchev–Trinajstić information content (AvgIpc) is 2.10. The Hall–Kier alpha value is -0.710. The molecule has 0 fully saturated rings. The van der Waals surface area contributed by atoms with E-state index >= 15 is 0 Å². The Balaban J connectivity index is 3.87. The zero-order valence-electron chi connectivity index (χ0n) is 9.76. The molecule has 0 saturated heterocycles. The smallest absolute Gasteiger partial charge is 0.315 e. The number of halogens is 2. The minimum absolute atomic E-state index is 0.263. The molecule has 1 amide bonds. The zero-order chi connectivity index (χ0) is 12.0. The fraction of sp³-hybridized carbons (Fsp3) is 0.900. The van der Waals surface area contributed by atoms with Crippen molar-refractivity contribution in [2.75, 3.05) is 13.1 Å². The molecule has 0 saturated carbocycles. The van der Waals surface area contributed by atoms with Gasteiger partial charge in [-0.2, -0.15) is 8.78 Å². The van der Waals surface area contributed by atoms with Crippen molar-refractivity contribution in [2.45, 2.75) is 46.2 Å². The van der Waals surface area contributed by atoms with E-state index in [1.807, 2.05) is 27.7 Å². The number of rotatable bonds is 6. The molecular weight excluding hydrogens is 202 g/mol. The Morgan fingerprint density at radius 3 is 2.00 bits per heavy atom. The monoisotopic (exact) mass is 222 g/mol. The van der Waals surface area contributed by atoms with Gasteiger partial charge >= 0.3 is 6.43 Å². The van der Waals surface area contributed by atoms with Crippen LogP contribution in [-0.2, 0) is 4.79 Å². The molecule has 5 heteroatoms. The van der Waals surface area contributed by atoms with Gasteiger partial charge in [-0.3, -0.25) is 9.69 Å². The lowest BCUT2D eigenvalue weighted by molar-refractivity contribution is -0.131. The molecule has 0 spiro atoms. The van der Waals surface area contributed by atoms with Crippen LogP contribution in [0.5, 0.6) is 0 Å². The third-order valence-electron chi connectivity index (χ3n) is 2.19. The zero-order valence-corrected chi connectivity index (χ0v) is 9.76. The van der Waals surface area contributed by atoms with Crippen LogP contribution in [0.2, 0.25) is 0 Å². The molecule has 0 heterocycles. The average molecular weight is 222 g/mol. The SMILES string of the molecule is CC(C)N(CCNC(=O)C(F)F)C(C)C. The van der Waals surface area contributed by atoms with Gasteiger partial charge in [-0.15, -0.1) is 0 Å². The summed E-state index contributed by atoms with van der Waals surface area (Å²) < 4.78 is 23.7. The highest BCUT2D eigenvalue weighted by Crippen LogP contribution is 2.03. The van der Waals surface area contributed by atoms with E-state index in [4.69, 9.17) is 0 Å². The van der Waals surface area contributed by atoms with Crippen molar-refractivity contribution < 1.29 is 13.6 Å². The first kappa shape index (κ1) is 14.3. The molecule has 0 bridgehead atoms. The summed E-state index contributed by atoms with van der Waals surface area (Å²) in [6, 6.07) is 0.682. The van der Waals surface area contributed by atoms with Crippen LogP contribution in [0.15, 0.2) is 0 Å². The fourth-order valence-electron chi connectivity index (χ4n) is 1.50. The van der Waals surface area contributed by atoms with Crippen molar-refractivity contribution in [1.29, 1.82) is 0 Å². The highest BCUT2D eigenvalue weighted by Gasteiger charge is 2.16. The van der Waals surface area contributed by atoms with E-state index in [-0.39, 0.29) is 6.54 Å². The Kier molecular flexibility index (Phi) is 6.40. The molecule has 0 aromatic heterocycles. The van der Waals surface area contributed by atoms with Crippen molar-refractivity contribution in [3.05, 3.63) is 0 Å². The van der Waals surface area contributed by atoms with Crippen LogP contribution in [0, 0.1) is 0 Å². The van der Waals surface area contributed by atoms with Gasteiger partial charge in [-0.05, 0) is 27.7 Å². The second-order valence-electron chi connectivity index (χ2n) is 4.02. The first-order valence-corrected chi connectivity index (χ1v) is 5.17. The van der Waals surface area contributed by atoms with Crippen LogP contribution >= 0.6 is 0 Å². The van der Waals surface area contributed by atoms with E-state index in [1.54, 1.807) is 0 Å². The number of hydrogen-bond acceptors (Lipinski definition) is 2. The van der Waals surface area contributed by atoms with Crippen LogP contribution in [-0.4, -0.2) is 42.4 Å². The molecule has 15 heavy (non-hydrogen) atoms. The molecule has 0 aliphatic carbocycles. The molecule has 90 valence electrons. The summed E-state index contributed by atoms with van der Waals surface area (Å²) >= 11 is 0. The Bertz CT molecular complexity index is 188. The van der Waals surface area contributed by atoms with Gasteiger partial charge < -0.3 is 5.32 Å². The van der Waals surface area contributed by atoms with E-state index in [2.05, 4.69) is 10.2 Å². The lowest BCUT2D eigenvalue weighted by Gasteiger charge is -2.30. The summed E-state index contributed by atoms with van der Waals surface area (Å²) in [5.41, 5.74) is 0. The van der Waals surface area contributed by atoms with Crippen molar-refractivity contribution in [3.63, 3.8) is 0 Å². The van der Waals surface area contributed by atoms with E-state index < -0.39 is 12.3 Å². The number of nitrogens with zero attached hydrogens (tertiary/aromatic N) is 1. The Morgan fingerprint density at radius 2 is 1.67 bits per heavy atom. The normalized spacial score (nSPS) is 11.9. The summed E-state index contributed by atoms with van der Waals surface area (Å²) in [5.74, 6) is -1.19. The van der Waals surface area contributed by atoms with Crippen LogP contribution in [0.4, 0.5) is 8.78 Å². The Morgan fingerprint density at radius 1 is 1.20 bits per heavy atom. The van der Waals surface area contributed by atoms with Crippen LogP contribution < -0.4 is 5.32 Å². The van der Waals surface area contributed by atoms with Crippen LogP contribution in [0.25, 0.3) is 0 Å². The van der Waals surface area contributed by atoms with Gasteiger partial charge in [0.05, 0.1) is 0 Å². The molecule has 0 unspecified atom stereocenters. The largest absolute Gasteiger partial charge is 0.350 e. The predicted octanol–water partition coefficient (Wildman–Crippen LogP) is 1.49. The highest BCUT2D eigenvalue weighted by atomic mass is 19.3. The quantitative estimate of drug-likeness (QED) is 0.738. The van der Waals surface area contributed by atoms with E-state index in [9.17, 15) is 13.6 Å². The summed E-state index contributed by atoms with van der Waals surface area (Å²) in [7, 11) is 0. The van der Waals surface area contributed by atoms with Crippen LogP contribution in [0.1, 0.15) is 27.7 Å². The van der Waals surface area contributed by atoms with E-state index in [0.29, 0.717) is 18.6 Å². The molecule has 0 aliphatic rings. The van der Waals surface area contributed by atoms with Gasteiger partial charge in [0.1, 0.15) is 0 Å². The molecule has 0 aromatic carbocycles. The first-order chi connectivity index (χ1) is 6.86. The fourth-order valence-corrected chi connectivity index (χ4v) is 1.50. The second kappa shape index (κ2) is 6.71. The molecule has 1 N–H and O–H groups in total. The lowest BCUT2D eigenvalue weighted by Crippen LogP contribution is -2.43.